The lowest BCUT2D eigenvalue weighted by Crippen LogP contribution is -2.36. The average molecular weight is 224 g/mol. The molecule has 0 aliphatic heterocycles. The molecular weight excluding hydrogens is 216 g/mol. The molecule has 7 heteroatoms. The van der Waals surface area contributed by atoms with Crippen molar-refractivity contribution >= 4 is 17.8 Å². The summed E-state index contributed by atoms with van der Waals surface area (Å²) in [6.45, 7) is 0. The third-order valence-corrected chi connectivity index (χ3v) is 1.59. The normalized spacial score (nSPS) is 10.9. The number of carboxylic acid groups (broad SMARTS) is 2. The zero-order valence-electron chi connectivity index (χ0n) is 7.95. The molecule has 0 spiro atoms. The number of carbonyl (C=O) groups is 2. The van der Waals surface area contributed by atoms with Gasteiger partial charge in [0.05, 0.1) is 6.08 Å². The second-order valence-corrected chi connectivity index (χ2v) is 2.74. The van der Waals surface area contributed by atoms with Crippen molar-refractivity contribution in [2.24, 2.45) is 0 Å². The largest absolute Gasteiger partial charge is 0.541 e. The fourth-order valence-corrected chi connectivity index (χ4v) is 0.941. The quantitative estimate of drug-likeness (QED) is 0.320. The van der Waals surface area contributed by atoms with Gasteiger partial charge in [0.25, 0.3) is 0 Å². The van der Waals surface area contributed by atoms with Gasteiger partial charge in [0, 0.05) is 6.07 Å². The van der Waals surface area contributed by atoms with Crippen LogP contribution in [0.5, 0.6) is 0 Å². The number of rotatable bonds is 4. The molecule has 1 rings (SSSR count). The summed E-state index contributed by atoms with van der Waals surface area (Å²) in [4.78, 5) is 20.9. The molecule has 0 aliphatic rings. The van der Waals surface area contributed by atoms with E-state index in [1.165, 1.54) is 24.4 Å². The summed E-state index contributed by atoms with van der Waals surface area (Å²) in [6, 6.07) is 4.39. The molecule has 0 unspecified atom stereocenters. The maximum absolute atomic E-state index is 10.6. The van der Waals surface area contributed by atoms with E-state index in [0.29, 0.717) is 10.8 Å². The summed E-state index contributed by atoms with van der Waals surface area (Å²) in [7, 11) is 0. The monoisotopic (exact) mass is 224 g/mol. The van der Waals surface area contributed by atoms with Crippen LogP contribution < -0.4 is 15.2 Å². The standard InChI is InChI=1S/C9H8N2O5/c12-8(13)5-6(9(14)15)10-7-3-1-2-4-11(7)16/h1-5,16H,(H2,12,13,14,15). The van der Waals surface area contributed by atoms with Crippen LogP contribution in [0, 0.1) is 0 Å². The van der Waals surface area contributed by atoms with Crippen molar-refractivity contribution in [1.82, 2.24) is 0 Å². The third-order valence-electron chi connectivity index (χ3n) is 1.59. The molecule has 0 aliphatic carbocycles. The van der Waals surface area contributed by atoms with Gasteiger partial charge in [-0.05, 0) is 6.07 Å². The van der Waals surface area contributed by atoms with Crippen LogP contribution in [0.4, 0.5) is 5.82 Å². The zero-order chi connectivity index (χ0) is 12.1. The molecule has 1 aromatic rings. The van der Waals surface area contributed by atoms with E-state index in [2.05, 4.69) is 5.32 Å². The predicted molar refractivity (Wildman–Crippen MR) is 48.2 cm³/mol. The topological polar surface area (TPSA) is 114 Å². The maximum Gasteiger partial charge on any atom is 0.332 e. The van der Waals surface area contributed by atoms with Crippen molar-refractivity contribution in [2.45, 2.75) is 0 Å². The molecule has 7 nitrogen and oxygen atoms in total. The minimum atomic E-state index is -1.69. The second-order valence-electron chi connectivity index (χ2n) is 2.74. The molecule has 3 N–H and O–H groups in total. The van der Waals surface area contributed by atoms with Crippen LogP contribution in [0.1, 0.15) is 0 Å². The van der Waals surface area contributed by atoms with Crippen molar-refractivity contribution in [3.05, 3.63) is 36.2 Å². The van der Waals surface area contributed by atoms with Gasteiger partial charge < -0.3 is 20.2 Å². The van der Waals surface area contributed by atoms with Gasteiger partial charge in [-0.1, -0.05) is 10.8 Å². The Balaban J connectivity index is 2.98. The van der Waals surface area contributed by atoms with Crippen LogP contribution in [0.3, 0.4) is 0 Å². The van der Waals surface area contributed by atoms with E-state index >= 15 is 0 Å². The van der Waals surface area contributed by atoms with Crippen molar-refractivity contribution in [1.29, 1.82) is 0 Å². The van der Waals surface area contributed by atoms with Crippen molar-refractivity contribution in [3.63, 3.8) is 0 Å². The molecule has 0 bridgehead atoms. The van der Waals surface area contributed by atoms with E-state index in [1.807, 2.05) is 0 Å². The number of nitrogens with one attached hydrogen (secondary N) is 1. The number of aliphatic carboxylic acids is 2. The number of carbonyl (C=O) groups excluding carboxylic acids is 1. The van der Waals surface area contributed by atoms with Gasteiger partial charge in [0.15, 0.2) is 5.70 Å². The summed E-state index contributed by atoms with van der Waals surface area (Å²) in [6.07, 6.45) is 1.68. The summed E-state index contributed by atoms with van der Waals surface area (Å²) < 4.78 is 0.610. The molecule has 0 radical (unpaired) electrons. The molecule has 84 valence electrons. The van der Waals surface area contributed by atoms with Crippen molar-refractivity contribution in [2.75, 3.05) is 5.32 Å². The highest BCUT2D eigenvalue weighted by atomic mass is 16.5. The summed E-state index contributed by atoms with van der Waals surface area (Å²) in [5.74, 6) is -3.13. The lowest BCUT2D eigenvalue weighted by molar-refractivity contribution is -0.893. The Morgan fingerprint density at radius 1 is 1.44 bits per heavy atom. The first kappa shape index (κ1) is 11.5. The molecule has 1 aromatic heterocycles. The fourth-order valence-electron chi connectivity index (χ4n) is 0.941. The van der Waals surface area contributed by atoms with E-state index in [9.17, 15) is 19.9 Å². The van der Waals surface area contributed by atoms with E-state index in [1.54, 1.807) is 0 Å². The van der Waals surface area contributed by atoms with Gasteiger partial charge in [-0.2, -0.15) is 0 Å². The minimum absolute atomic E-state index is 0.000741. The molecule has 0 saturated carbocycles. The molecule has 0 aromatic carbocycles. The number of nitrogens with zero attached hydrogens (tertiary/aromatic N) is 1. The van der Waals surface area contributed by atoms with Gasteiger partial charge in [0.2, 0.25) is 0 Å². The maximum atomic E-state index is 10.6. The molecule has 0 amide bonds. The number of hydrogen-bond acceptors (Lipinski definition) is 5. The summed E-state index contributed by atoms with van der Waals surface area (Å²) >= 11 is 0. The second kappa shape index (κ2) is 4.78. The van der Waals surface area contributed by atoms with Crippen molar-refractivity contribution < 1.29 is 29.7 Å². The number of aromatic nitrogens is 1. The number of carboxylic acids is 2. The van der Waals surface area contributed by atoms with Crippen LogP contribution in [0.15, 0.2) is 36.2 Å². The molecule has 1 heterocycles. The Morgan fingerprint density at radius 3 is 2.62 bits per heavy atom. The number of pyridine rings is 1. The van der Waals surface area contributed by atoms with E-state index < -0.39 is 17.6 Å². The Morgan fingerprint density at radius 2 is 2.12 bits per heavy atom. The first-order valence-corrected chi connectivity index (χ1v) is 4.13. The SMILES string of the molecule is O=C(O)C=C(Nc1cccc[n+]1O)C(=O)[O-]. The zero-order valence-corrected chi connectivity index (χ0v) is 7.95. The van der Waals surface area contributed by atoms with E-state index in [4.69, 9.17) is 5.11 Å². The molecular formula is C9H8N2O5. The Labute approximate surface area is 89.8 Å². The van der Waals surface area contributed by atoms with Gasteiger partial charge >= 0.3 is 11.8 Å². The van der Waals surface area contributed by atoms with Crippen LogP contribution in [0.25, 0.3) is 0 Å². The fraction of sp³-hybridized carbons (Fsp3) is 0. The van der Waals surface area contributed by atoms with Gasteiger partial charge in [-0.25, -0.2) is 10.1 Å². The highest BCUT2D eigenvalue weighted by molar-refractivity contribution is 5.95. The number of hydrogen-bond donors (Lipinski definition) is 3. The van der Waals surface area contributed by atoms with Crippen LogP contribution in [-0.2, 0) is 9.59 Å². The summed E-state index contributed by atoms with van der Waals surface area (Å²) in [5, 5.41) is 30.4. The van der Waals surface area contributed by atoms with Crippen LogP contribution in [-0.4, -0.2) is 22.3 Å². The average Bonchev–Trinajstić information content (AvgIpc) is 2.19. The first-order valence-electron chi connectivity index (χ1n) is 4.13. The molecule has 0 saturated heterocycles. The predicted octanol–water partition coefficient (Wildman–Crippen LogP) is -1.66. The lowest BCUT2D eigenvalue weighted by Gasteiger charge is -2.04. The Hall–Kier alpha value is -2.57. The molecule has 16 heavy (non-hydrogen) atoms. The van der Waals surface area contributed by atoms with Crippen LogP contribution in [0.2, 0.25) is 0 Å². The highest BCUT2D eigenvalue weighted by Crippen LogP contribution is 2.02. The number of anilines is 1. The molecule has 0 atom stereocenters. The van der Waals surface area contributed by atoms with E-state index in [-0.39, 0.29) is 5.82 Å². The van der Waals surface area contributed by atoms with Gasteiger partial charge in [0.1, 0.15) is 12.2 Å². The third kappa shape index (κ3) is 2.98. The van der Waals surface area contributed by atoms with Crippen molar-refractivity contribution in [3.8, 4) is 0 Å². The summed E-state index contributed by atoms with van der Waals surface area (Å²) in [5.41, 5.74) is -0.665. The van der Waals surface area contributed by atoms with Gasteiger partial charge in [-0.15, -0.1) is 0 Å². The van der Waals surface area contributed by atoms with E-state index in [0.717, 1.165) is 0 Å². The lowest BCUT2D eigenvalue weighted by atomic mass is 10.3. The Bertz CT molecular complexity index is 455. The van der Waals surface area contributed by atoms with Gasteiger partial charge in [-0.3, -0.25) is 0 Å². The molecule has 0 fully saturated rings. The first-order chi connectivity index (χ1) is 7.50. The smallest absolute Gasteiger partial charge is 0.332 e. The van der Waals surface area contributed by atoms with Crippen LogP contribution >= 0.6 is 0 Å². The minimum Gasteiger partial charge on any atom is -0.541 e. The highest BCUT2D eigenvalue weighted by Gasteiger charge is 2.12. The Kier molecular flexibility index (Phi) is 3.44.